The van der Waals surface area contributed by atoms with Crippen LogP contribution in [0.25, 0.3) is 0 Å². The lowest BCUT2D eigenvalue weighted by molar-refractivity contribution is -0.122. The standard InChI is InChI=1S/C26H32FN3O2/c1-17(2)24-13-20(14-25(31)29-16-23-6-4-5-11-28-23)18(3)12-21(24)15-30-26(32)19-7-9-22(27)10-8-19/h4-12,17,20-21,24H,13-16H2,1-3H3,(H,29,31)(H,30,32)/t20-,21-,24-/m0/s1. The van der Waals surface area contributed by atoms with Crippen molar-refractivity contribution in [1.82, 2.24) is 15.6 Å². The number of benzene rings is 1. The van der Waals surface area contributed by atoms with Crippen molar-refractivity contribution >= 4 is 11.8 Å². The lowest BCUT2D eigenvalue weighted by Crippen LogP contribution is -2.37. The van der Waals surface area contributed by atoms with E-state index in [0.29, 0.717) is 36.9 Å². The second-order valence-corrected chi connectivity index (χ2v) is 8.93. The molecule has 170 valence electrons. The van der Waals surface area contributed by atoms with Crippen molar-refractivity contribution in [1.29, 1.82) is 0 Å². The van der Waals surface area contributed by atoms with Crippen LogP contribution in [0.1, 0.15) is 49.7 Å². The first kappa shape index (κ1) is 23.6. The van der Waals surface area contributed by atoms with E-state index in [1.807, 2.05) is 18.2 Å². The molecule has 0 radical (unpaired) electrons. The van der Waals surface area contributed by atoms with E-state index < -0.39 is 0 Å². The highest BCUT2D eigenvalue weighted by molar-refractivity contribution is 5.94. The molecule has 2 amide bonds. The van der Waals surface area contributed by atoms with E-state index >= 15 is 0 Å². The summed E-state index contributed by atoms with van der Waals surface area (Å²) in [6.07, 6.45) is 5.30. The highest BCUT2D eigenvalue weighted by Crippen LogP contribution is 2.38. The van der Waals surface area contributed by atoms with E-state index in [9.17, 15) is 14.0 Å². The predicted octanol–water partition coefficient (Wildman–Crippen LogP) is 4.51. The first-order valence-electron chi connectivity index (χ1n) is 11.2. The molecule has 5 nitrogen and oxygen atoms in total. The fourth-order valence-electron chi connectivity index (χ4n) is 4.41. The number of amides is 2. The van der Waals surface area contributed by atoms with Crippen LogP contribution in [0, 0.1) is 29.5 Å². The molecule has 1 aliphatic carbocycles. The summed E-state index contributed by atoms with van der Waals surface area (Å²) < 4.78 is 13.1. The normalized spacial score (nSPS) is 20.5. The first-order valence-corrected chi connectivity index (χ1v) is 11.2. The van der Waals surface area contributed by atoms with Crippen LogP contribution in [-0.2, 0) is 11.3 Å². The number of pyridine rings is 1. The van der Waals surface area contributed by atoms with Gasteiger partial charge >= 0.3 is 0 Å². The third-order valence-electron chi connectivity index (χ3n) is 6.31. The molecule has 6 heteroatoms. The van der Waals surface area contributed by atoms with E-state index in [4.69, 9.17) is 0 Å². The van der Waals surface area contributed by atoms with Crippen LogP contribution in [0.4, 0.5) is 4.39 Å². The third-order valence-corrected chi connectivity index (χ3v) is 6.31. The molecular weight excluding hydrogens is 405 g/mol. The molecule has 32 heavy (non-hydrogen) atoms. The first-order chi connectivity index (χ1) is 15.3. The van der Waals surface area contributed by atoms with Crippen LogP contribution in [0.2, 0.25) is 0 Å². The number of halogens is 1. The van der Waals surface area contributed by atoms with E-state index in [2.05, 4.69) is 42.5 Å². The Morgan fingerprint density at radius 3 is 2.53 bits per heavy atom. The Morgan fingerprint density at radius 2 is 1.88 bits per heavy atom. The van der Waals surface area contributed by atoms with Gasteiger partial charge in [0, 0.05) is 24.7 Å². The lowest BCUT2D eigenvalue weighted by atomic mass is 9.69. The molecule has 0 saturated carbocycles. The Bertz CT molecular complexity index is 941. The third kappa shape index (κ3) is 6.49. The average Bonchev–Trinajstić information content (AvgIpc) is 2.78. The maximum Gasteiger partial charge on any atom is 0.251 e. The highest BCUT2D eigenvalue weighted by Gasteiger charge is 2.32. The molecule has 0 unspecified atom stereocenters. The summed E-state index contributed by atoms with van der Waals surface area (Å²) in [7, 11) is 0. The van der Waals surface area contributed by atoms with Crippen molar-refractivity contribution in [2.24, 2.45) is 23.7 Å². The minimum absolute atomic E-state index is 0.0268. The van der Waals surface area contributed by atoms with Crippen molar-refractivity contribution in [3.8, 4) is 0 Å². The second kappa shape index (κ2) is 11.0. The number of rotatable bonds is 8. The molecular formula is C26H32FN3O2. The molecule has 1 heterocycles. The summed E-state index contributed by atoms with van der Waals surface area (Å²) in [6, 6.07) is 11.2. The Labute approximate surface area is 189 Å². The van der Waals surface area contributed by atoms with E-state index in [1.165, 1.54) is 29.8 Å². The van der Waals surface area contributed by atoms with Gasteiger partial charge in [-0.1, -0.05) is 31.6 Å². The average molecular weight is 438 g/mol. The van der Waals surface area contributed by atoms with Crippen LogP contribution in [-0.4, -0.2) is 23.3 Å². The highest BCUT2D eigenvalue weighted by atomic mass is 19.1. The molecule has 0 aliphatic heterocycles. The van der Waals surface area contributed by atoms with Crippen LogP contribution in [0.15, 0.2) is 60.3 Å². The smallest absolute Gasteiger partial charge is 0.251 e. The van der Waals surface area contributed by atoms with Gasteiger partial charge in [-0.3, -0.25) is 14.6 Å². The van der Waals surface area contributed by atoms with Crippen LogP contribution >= 0.6 is 0 Å². The Balaban J connectivity index is 1.58. The molecule has 2 N–H and O–H groups in total. The topological polar surface area (TPSA) is 71.1 Å². The van der Waals surface area contributed by atoms with E-state index in [1.54, 1.807) is 6.20 Å². The molecule has 1 aliphatic rings. The maximum atomic E-state index is 13.1. The zero-order valence-corrected chi connectivity index (χ0v) is 19.0. The summed E-state index contributed by atoms with van der Waals surface area (Å²) >= 11 is 0. The molecule has 3 rings (SSSR count). The molecule has 3 atom stereocenters. The summed E-state index contributed by atoms with van der Waals surface area (Å²) in [6.45, 7) is 7.40. The summed E-state index contributed by atoms with van der Waals surface area (Å²) in [5, 5.41) is 5.97. The van der Waals surface area contributed by atoms with Gasteiger partial charge in [0.1, 0.15) is 5.82 Å². The molecule has 0 fully saturated rings. The minimum Gasteiger partial charge on any atom is -0.351 e. The summed E-state index contributed by atoms with van der Waals surface area (Å²) in [5.74, 6) is 0.644. The van der Waals surface area contributed by atoms with Gasteiger partial charge in [0.25, 0.3) is 5.91 Å². The molecule has 0 spiro atoms. The Morgan fingerprint density at radius 1 is 1.12 bits per heavy atom. The zero-order valence-electron chi connectivity index (χ0n) is 19.0. The quantitative estimate of drug-likeness (QED) is 0.597. The number of hydrogen-bond donors (Lipinski definition) is 2. The number of nitrogens with zero attached hydrogens (tertiary/aromatic N) is 1. The van der Waals surface area contributed by atoms with Gasteiger partial charge in [0.15, 0.2) is 0 Å². The summed E-state index contributed by atoms with van der Waals surface area (Å²) in [4.78, 5) is 29.2. The monoisotopic (exact) mass is 437 g/mol. The van der Waals surface area contributed by atoms with Crippen molar-refractivity contribution in [3.63, 3.8) is 0 Å². The second-order valence-electron chi connectivity index (χ2n) is 8.93. The molecule has 2 aromatic rings. The van der Waals surface area contributed by atoms with Crippen LogP contribution in [0.3, 0.4) is 0 Å². The van der Waals surface area contributed by atoms with Crippen LogP contribution in [0.5, 0.6) is 0 Å². The minimum atomic E-state index is -0.359. The number of carbonyl (C=O) groups is 2. The van der Waals surface area contributed by atoms with E-state index in [-0.39, 0.29) is 29.5 Å². The molecule has 1 aromatic heterocycles. The number of allylic oxidation sites excluding steroid dienone is 1. The van der Waals surface area contributed by atoms with Gasteiger partial charge in [-0.15, -0.1) is 0 Å². The SMILES string of the molecule is CC1=C[C@@H](CNC(=O)c2ccc(F)cc2)[C@H](C(C)C)C[C@H]1CC(=O)NCc1ccccn1. The van der Waals surface area contributed by atoms with Crippen molar-refractivity contribution in [2.45, 2.75) is 40.2 Å². The van der Waals surface area contributed by atoms with E-state index in [0.717, 1.165) is 12.1 Å². The zero-order chi connectivity index (χ0) is 23.1. The Kier molecular flexibility index (Phi) is 8.14. The predicted molar refractivity (Wildman–Crippen MR) is 123 cm³/mol. The Hall–Kier alpha value is -3.02. The van der Waals surface area contributed by atoms with Gasteiger partial charge in [0.2, 0.25) is 5.91 Å². The van der Waals surface area contributed by atoms with Gasteiger partial charge in [-0.25, -0.2) is 4.39 Å². The fraction of sp³-hybridized carbons (Fsp3) is 0.423. The maximum absolute atomic E-state index is 13.1. The molecule has 0 bridgehead atoms. The van der Waals surface area contributed by atoms with Gasteiger partial charge in [0.05, 0.1) is 12.2 Å². The number of carbonyl (C=O) groups excluding carboxylic acids is 2. The van der Waals surface area contributed by atoms with Crippen molar-refractivity contribution in [3.05, 3.63) is 77.4 Å². The van der Waals surface area contributed by atoms with Crippen LogP contribution < -0.4 is 10.6 Å². The largest absolute Gasteiger partial charge is 0.351 e. The van der Waals surface area contributed by atoms with Gasteiger partial charge in [-0.2, -0.15) is 0 Å². The van der Waals surface area contributed by atoms with Gasteiger partial charge in [-0.05, 0) is 73.4 Å². The number of aromatic nitrogens is 1. The number of hydrogen-bond acceptors (Lipinski definition) is 3. The van der Waals surface area contributed by atoms with Crippen molar-refractivity contribution < 1.29 is 14.0 Å². The fourth-order valence-corrected chi connectivity index (χ4v) is 4.41. The van der Waals surface area contributed by atoms with Gasteiger partial charge < -0.3 is 10.6 Å². The lowest BCUT2D eigenvalue weighted by Gasteiger charge is -2.37. The van der Waals surface area contributed by atoms with Crippen molar-refractivity contribution in [2.75, 3.05) is 6.54 Å². The molecule has 1 aromatic carbocycles. The summed E-state index contributed by atoms with van der Waals surface area (Å²) in [5.41, 5.74) is 2.48. The number of nitrogens with one attached hydrogen (secondary N) is 2. The molecule has 0 saturated heterocycles.